The standard InChI is InChI=1S/C12H12N2/c1-10-12(8-5-9-13-10)14-11-6-3-2-4-7-11/h2-7,9H,8H2,1H3. The second kappa shape index (κ2) is 4.01. The summed E-state index contributed by atoms with van der Waals surface area (Å²) in [4.78, 5) is 8.75. The van der Waals surface area contributed by atoms with Gasteiger partial charge in [-0.3, -0.25) is 9.98 Å². The molecule has 0 saturated heterocycles. The molecule has 0 aromatic heterocycles. The molecule has 1 aromatic carbocycles. The van der Waals surface area contributed by atoms with Crippen LogP contribution in [-0.2, 0) is 0 Å². The van der Waals surface area contributed by atoms with E-state index in [2.05, 4.69) is 9.98 Å². The summed E-state index contributed by atoms with van der Waals surface area (Å²) in [5.41, 5.74) is 3.06. The van der Waals surface area contributed by atoms with Gasteiger partial charge in [0.05, 0.1) is 17.1 Å². The molecule has 0 aliphatic carbocycles. The zero-order valence-electron chi connectivity index (χ0n) is 8.14. The van der Waals surface area contributed by atoms with Crippen LogP contribution in [0.3, 0.4) is 0 Å². The van der Waals surface area contributed by atoms with Gasteiger partial charge in [0.1, 0.15) is 0 Å². The van der Waals surface area contributed by atoms with Gasteiger partial charge in [-0.05, 0) is 19.1 Å². The normalized spacial score (nSPS) is 18.4. The van der Waals surface area contributed by atoms with Gasteiger partial charge in [-0.2, -0.15) is 0 Å². The molecule has 14 heavy (non-hydrogen) atoms. The fraction of sp³-hybridized carbons (Fsp3) is 0.167. The molecule has 0 spiro atoms. The first-order valence-corrected chi connectivity index (χ1v) is 4.68. The van der Waals surface area contributed by atoms with Crippen LogP contribution in [0.2, 0.25) is 0 Å². The molecule has 0 N–H and O–H groups in total. The number of allylic oxidation sites excluding steroid dienone is 1. The van der Waals surface area contributed by atoms with Crippen LogP contribution >= 0.6 is 0 Å². The van der Waals surface area contributed by atoms with Crippen molar-refractivity contribution in [3.63, 3.8) is 0 Å². The number of benzene rings is 1. The van der Waals surface area contributed by atoms with Crippen molar-refractivity contribution in [3.8, 4) is 0 Å². The number of hydrogen-bond acceptors (Lipinski definition) is 2. The first-order valence-electron chi connectivity index (χ1n) is 4.68. The van der Waals surface area contributed by atoms with E-state index in [4.69, 9.17) is 0 Å². The van der Waals surface area contributed by atoms with Crippen LogP contribution in [0.25, 0.3) is 0 Å². The van der Waals surface area contributed by atoms with Gasteiger partial charge >= 0.3 is 0 Å². The highest BCUT2D eigenvalue weighted by atomic mass is 14.8. The Hall–Kier alpha value is -1.70. The summed E-state index contributed by atoms with van der Waals surface area (Å²) < 4.78 is 0. The summed E-state index contributed by atoms with van der Waals surface area (Å²) in [6.45, 7) is 1.99. The van der Waals surface area contributed by atoms with Gasteiger partial charge in [0.2, 0.25) is 0 Å². The van der Waals surface area contributed by atoms with E-state index in [1.165, 1.54) is 0 Å². The number of rotatable bonds is 1. The van der Waals surface area contributed by atoms with Crippen molar-refractivity contribution in [2.45, 2.75) is 13.3 Å². The smallest absolute Gasteiger partial charge is 0.0660 e. The maximum atomic E-state index is 4.53. The minimum Gasteiger partial charge on any atom is -0.260 e. The lowest BCUT2D eigenvalue weighted by molar-refractivity contribution is 1.35. The van der Waals surface area contributed by atoms with Gasteiger partial charge in [0.15, 0.2) is 0 Å². The summed E-state index contributed by atoms with van der Waals surface area (Å²) in [5.74, 6) is 0. The van der Waals surface area contributed by atoms with Crippen molar-refractivity contribution >= 4 is 17.1 Å². The number of hydrogen-bond donors (Lipinski definition) is 0. The van der Waals surface area contributed by atoms with Crippen LogP contribution in [0.4, 0.5) is 5.69 Å². The van der Waals surface area contributed by atoms with Crippen molar-refractivity contribution in [2.24, 2.45) is 9.98 Å². The summed E-state index contributed by atoms with van der Waals surface area (Å²) >= 11 is 0. The third kappa shape index (κ3) is 1.96. The molecule has 0 amide bonds. The predicted octanol–water partition coefficient (Wildman–Crippen LogP) is 3.14. The zero-order chi connectivity index (χ0) is 9.80. The topological polar surface area (TPSA) is 24.7 Å². The fourth-order valence-electron chi connectivity index (χ4n) is 1.34. The largest absolute Gasteiger partial charge is 0.260 e. The van der Waals surface area contributed by atoms with E-state index in [9.17, 15) is 0 Å². The van der Waals surface area contributed by atoms with Crippen LogP contribution in [0.5, 0.6) is 0 Å². The molecule has 1 aliphatic heterocycles. The monoisotopic (exact) mass is 184 g/mol. The van der Waals surface area contributed by atoms with Gasteiger partial charge in [0, 0.05) is 12.6 Å². The van der Waals surface area contributed by atoms with E-state index >= 15 is 0 Å². The molecule has 2 nitrogen and oxygen atoms in total. The Balaban J connectivity index is 2.28. The van der Waals surface area contributed by atoms with Gasteiger partial charge in [-0.15, -0.1) is 0 Å². The molecular weight excluding hydrogens is 172 g/mol. The van der Waals surface area contributed by atoms with Gasteiger partial charge in [0.25, 0.3) is 0 Å². The Morgan fingerprint density at radius 1 is 1.21 bits per heavy atom. The van der Waals surface area contributed by atoms with E-state index in [1.54, 1.807) is 0 Å². The number of nitrogens with zero attached hydrogens (tertiary/aromatic N) is 2. The summed E-state index contributed by atoms with van der Waals surface area (Å²) in [6, 6.07) is 9.97. The highest BCUT2D eigenvalue weighted by Gasteiger charge is 2.04. The minimum atomic E-state index is 0.879. The van der Waals surface area contributed by atoms with Crippen molar-refractivity contribution in [3.05, 3.63) is 42.6 Å². The summed E-state index contributed by atoms with van der Waals surface area (Å²) in [5, 5.41) is 0. The van der Waals surface area contributed by atoms with E-state index in [0.717, 1.165) is 23.5 Å². The van der Waals surface area contributed by atoms with E-state index in [0.29, 0.717) is 0 Å². The highest BCUT2D eigenvalue weighted by Crippen LogP contribution is 2.13. The Morgan fingerprint density at radius 3 is 2.71 bits per heavy atom. The van der Waals surface area contributed by atoms with Crippen molar-refractivity contribution in [1.29, 1.82) is 0 Å². The Labute approximate surface area is 83.7 Å². The van der Waals surface area contributed by atoms with Crippen LogP contribution < -0.4 is 0 Å². The Kier molecular flexibility index (Phi) is 2.54. The third-order valence-corrected chi connectivity index (χ3v) is 2.12. The molecule has 0 fully saturated rings. The van der Waals surface area contributed by atoms with E-state index in [-0.39, 0.29) is 0 Å². The number of para-hydroxylation sites is 1. The molecule has 2 rings (SSSR count). The molecule has 0 bridgehead atoms. The summed E-state index contributed by atoms with van der Waals surface area (Å²) in [7, 11) is 0. The molecule has 2 heteroatoms. The highest BCUT2D eigenvalue weighted by molar-refractivity contribution is 6.42. The lowest BCUT2D eigenvalue weighted by atomic mass is 10.1. The molecular formula is C12H12N2. The predicted molar refractivity (Wildman–Crippen MR) is 60.4 cm³/mol. The van der Waals surface area contributed by atoms with Crippen molar-refractivity contribution < 1.29 is 0 Å². The Morgan fingerprint density at radius 2 is 2.00 bits per heavy atom. The molecule has 0 radical (unpaired) electrons. The first kappa shape index (κ1) is 8.88. The molecule has 1 aliphatic rings. The maximum absolute atomic E-state index is 4.53. The van der Waals surface area contributed by atoms with Gasteiger partial charge in [-0.25, -0.2) is 0 Å². The van der Waals surface area contributed by atoms with Crippen LogP contribution in [-0.4, -0.2) is 11.4 Å². The van der Waals surface area contributed by atoms with Crippen LogP contribution in [0.1, 0.15) is 13.3 Å². The molecule has 0 unspecified atom stereocenters. The SMILES string of the molecule is CC1=NC=CCC1=Nc1ccccc1. The zero-order valence-corrected chi connectivity index (χ0v) is 8.14. The summed E-state index contributed by atoms with van der Waals surface area (Å²) in [6.07, 6.45) is 4.73. The number of aliphatic imine (C=N–C) groups is 2. The molecule has 1 heterocycles. The van der Waals surface area contributed by atoms with E-state index < -0.39 is 0 Å². The molecule has 1 aromatic rings. The van der Waals surface area contributed by atoms with Crippen LogP contribution in [0, 0.1) is 0 Å². The molecule has 0 saturated carbocycles. The third-order valence-electron chi connectivity index (χ3n) is 2.12. The van der Waals surface area contributed by atoms with Crippen molar-refractivity contribution in [2.75, 3.05) is 0 Å². The molecule has 0 atom stereocenters. The lowest BCUT2D eigenvalue weighted by Gasteiger charge is -2.06. The average molecular weight is 184 g/mol. The maximum Gasteiger partial charge on any atom is 0.0660 e. The lowest BCUT2D eigenvalue weighted by Crippen LogP contribution is -2.10. The Bertz CT molecular complexity index is 400. The fourth-order valence-corrected chi connectivity index (χ4v) is 1.34. The second-order valence-electron chi connectivity index (χ2n) is 3.20. The second-order valence-corrected chi connectivity index (χ2v) is 3.20. The molecule has 70 valence electrons. The minimum absolute atomic E-state index is 0.879. The van der Waals surface area contributed by atoms with E-state index in [1.807, 2.05) is 49.5 Å². The quantitative estimate of drug-likeness (QED) is 0.640. The first-order chi connectivity index (χ1) is 6.86. The van der Waals surface area contributed by atoms with Crippen molar-refractivity contribution in [1.82, 2.24) is 0 Å². The van der Waals surface area contributed by atoms with Crippen LogP contribution in [0.15, 0.2) is 52.6 Å². The van der Waals surface area contributed by atoms with Gasteiger partial charge < -0.3 is 0 Å². The van der Waals surface area contributed by atoms with Gasteiger partial charge in [-0.1, -0.05) is 24.3 Å². The average Bonchev–Trinajstić information content (AvgIpc) is 2.23.